The second-order valence-corrected chi connectivity index (χ2v) is 10.4. The minimum absolute atomic E-state index is 0.114. The standard InChI is InChI=1S/C27H32N2O4S/c1-21-12-14-25(15-13-21)34(30,31)29(23-9-5-4-6-10-23)24-16-18-28(19-17-24)20-22-8-7-11-26(32-2)27(22)33-3/h4-15,24H,16-20H2,1-3H3. The highest BCUT2D eigenvalue weighted by Gasteiger charge is 2.34. The van der Waals surface area contributed by atoms with E-state index in [4.69, 9.17) is 9.47 Å². The molecule has 0 aromatic heterocycles. The van der Waals surface area contributed by atoms with E-state index in [1.54, 1.807) is 30.7 Å². The highest BCUT2D eigenvalue weighted by atomic mass is 32.2. The third-order valence-corrected chi connectivity index (χ3v) is 8.25. The number of piperidine rings is 1. The maximum atomic E-state index is 13.8. The molecule has 0 saturated carbocycles. The molecule has 1 aliphatic rings. The number of sulfonamides is 1. The van der Waals surface area contributed by atoms with Crippen LogP contribution >= 0.6 is 0 Å². The average Bonchev–Trinajstić information content (AvgIpc) is 2.86. The van der Waals surface area contributed by atoms with E-state index >= 15 is 0 Å². The van der Waals surface area contributed by atoms with Crippen molar-refractivity contribution in [3.63, 3.8) is 0 Å². The van der Waals surface area contributed by atoms with Crippen LogP contribution in [-0.2, 0) is 16.6 Å². The zero-order valence-electron chi connectivity index (χ0n) is 20.0. The summed E-state index contributed by atoms with van der Waals surface area (Å²) < 4.78 is 40.2. The van der Waals surface area contributed by atoms with E-state index < -0.39 is 10.0 Å². The molecule has 0 amide bonds. The molecule has 34 heavy (non-hydrogen) atoms. The summed E-state index contributed by atoms with van der Waals surface area (Å²) in [5, 5.41) is 0. The normalized spacial score (nSPS) is 15.1. The lowest BCUT2D eigenvalue weighted by molar-refractivity contribution is 0.203. The largest absolute Gasteiger partial charge is 0.493 e. The van der Waals surface area contributed by atoms with Gasteiger partial charge in [-0.25, -0.2) is 8.42 Å². The topological polar surface area (TPSA) is 59.1 Å². The molecule has 3 aromatic carbocycles. The van der Waals surface area contributed by atoms with Gasteiger partial charge in [-0.1, -0.05) is 48.0 Å². The van der Waals surface area contributed by atoms with Crippen LogP contribution in [0.15, 0.2) is 77.7 Å². The molecule has 0 aliphatic carbocycles. The average molecular weight is 481 g/mol. The van der Waals surface area contributed by atoms with Crippen LogP contribution in [0.2, 0.25) is 0 Å². The van der Waals surface area contributed by atoms with E-state index in [9.17, 15) is 8.42 Å². The highest BCUT2D eigenvalue weighted by molar-refractivity contribution is 7.92. The van der Waals surface area contributed by atoms with Crippen molar-refractivity contribution in [2.24, 2.45) is 0 Å². The fourth-order valence-electron chi connectivity index (χ4n) is 4.58. The number of anilines is 1. The summed E-state index contributed by atoms with van der Waals surface area (Å²) in [7, 11) is -0.396. The van der Waals surface area contributed by atoms with Gasteiger partial charge >= 0.3 is 0 Å². The Labute approximate surface area is 202 Å². The minimum atomic E-state index is -3.69. The molecule has 4 rings (SSSR count). The van der Waals surface area contributed by atoms with Crippen molar-refractivity contribution in [3.05, 3.63) is 83.9 Å². The van der Waals surface area contributed by atoms with Crippen molar-refractivity contribution in [2.75, 3.05) is 31.6 Å². The zero-order valence-corrected chi connectivity index (χ0v) is 20.8. The van der Waals surface area contributed by atoms with Gasteiger partial charge in [0.2, 0.25) is 0 Å². The van der Waals surface area contributed by atoms with Crippen molar-refractivity contribution < 1.29 is 17.9 Å². The summed E-state index contributed by atoms with van der Waals surface area (Å²) in [6, 6.07) is 22.3. The first kappa shape index (κ1) is 24.1. The first-order valence-electron chi connectivity index (χ1n) is 11.5. The summed E-state index contributed by atoms with van der Waals surface area (Å²) in [5.74, 6) is 1.47. The van der Waals surface area contributed by atoms with Crippen molar-refractivity contribution in [1.82, 2.24) is 4.90 Å². The first-order chi connectivity index (χ1) is 16.4. The number of methoxy groups -OCH3 is 2. The fraction of sp³-hybridized carbons (Fsp3) is 0.333. The lowest BCUT2D eigenvalue weighted by Gasteiger charge is -2.39. The smallest absolute Gasteiger partial charge is 0.264 e. The number of para-hydroxylation sites is 2. The number of aryl methyl sites for hydroxylation is 1. The Balaban J connectivity index is 1.55. The number of likely N-dealkylation sites (tertiary alicyclic amines) is 1. The number of hydrogen-bond donors (Lipinski definition) is 0. The predicted octanol–water partition coefficient (Wildman–Crippen LogP) is 4.87. The summed E-state index contributed by atoms with van der Waals surface area (Å²) in [4.78, 5) is 2.67. The molecule has 3 aromatic rings. The molecule has 1 heterocycles. The molecule has 1 aliphatic heterocycles. The lowest BCUT2D eigenvalue weighted by atomic mass is 10.0. The number of hydrogen-bond acceptors (Lipinski definition) is 5. The van der Waals surface area contributed by atoms with Crippen LogP contribution in [0.3, 0.4) is 0 Å². The second kappa shape index (κ2) is 10.5. The first-order valence-corrected chi connectivity index (χ1v) is 13.0. The van der Waals surface area contributed by atoms with Gasteiger partial charge in [0, 0.05) is 31.2 Å². The Kier molecular flexibility index (Phi) is 7.44. The molecule has 180 valence electrons. The van der Waals surface area contributed by atoms with Crippen LogP contribution < -0.4 is 13.8 Å². The molecule has 0 atom stereocenters. The zero-order chi connectivity index (χ0) is 24.1. The van der Waals surface area contributed by atoms with Gasteiger partial charge in [-0.2, -0.15) is 0 Å². The minimum Gasteiger partial charge on any atom is -0.493 e. The van der Waals surface area contributed by atoms with Crippen molar-refractivity contribution >= 4 is 15.7 Å². The Morgan fingerprint density at radius 2 is 1.56 bits per heavy atom. The van der Waals surface area contributed by atoms with E-state index in [1.165, 1.54) is 0 Å². The number of nitrogens with zero attached hydrogens (tertiary/aromatic N) is 2. The van der Waals surface area contributed by atoms with E-state index in [2.05, 4.69) is 4.90 Å². The van der Waals surface area contributed by atoms with Gasteiger partial charge < -0.3 is 9.47 Å². The Bertz CT molecular complexity index is 1190. The quantitative estimate of drug-likeness (QED) is 0.460. The molecule has 7 heteroatoms. The summed E-state index contributed by atoms with van der Waals surface area (Å²) >= 11 is 0. The summed E-state index contributed by atoms with van der Waals surface area (Å²) in [6.45, 7) is 4.26. The number of ether oxygens (including phenoxy) is 2. The molecule has 0 unspecified atom stereocenters. The lowest BCUT2D eigenvalue weighted by Crippen LogP contribution is -2.47. The van der Waals surface area contributed by atoms with Gasteiger partial charge in [0.05, 0.1) is 24.8 Å². The van der Waals surface area contributed by atoms with E-state index in [-0.39, 0.29) is 6.04 Å². The van der Waals surface area contributed by atoms with Gasteiger partial charge in [0.1, 0.15) is 0 Å². The van der Waals surface area contributed by atoms with Crippen molar-refractivity contribution in [3.8, 4) is 11.5 Å². The molecular formula is C27H32N2O4S. The third kappa shape index (κ3) is 5.05. The monoisotopic (exact) mass is 480 g/mol. The van der Waals surface area contributed by atoms with Crippen LogP contribution in [0.4, 0.5) is 5.69 Å². The molecular weight excluding hydrogens is 448 g/mol. The van der Waals surface area contributed by atoms with Gasteiger partial charge in [-0.15, -0.1) is 0 Å². The van der Waals surface area contributed by atoms with Gasteiger partial charge in [-0.3, -0.25) is 9.21 Å². The SMILES string of the molecule is COc1cccc(CN2CCC(N(c3ccccc3)S(=O)(=O)c3ccc(C)cc3)CC2)c1OC. The van der Waals surface area contributed by atoms with Crippen LogP contribution in [0.5, 0.6) is 11.5 Å². The maximum absolute atomic E-state index is 13.8. The summed E-state index contributed by atoms with van der Waals surface area (Å²) in [6.07, 6.45) is 1.48. The highest BCUT2D eigenvalue weighted by Crippen LogP contribution is 2.34. The Hall–Kier alpha value is -3.03. The van der Waals surface area contributed by atoms with Crippen LogP contribution in [-0.4, -0.2) is 46.7 Å². The Morgan fingerprint density at radius 3 is 2.18 bits per heavy atom. The van der Waals surface area contributed by atoms with E-state index in [1.807, 2.05) is 67.6 Å². The molecule has 0 N–H and O–H groups in total. The van der Waals surface area contributed by atoms with E-state index in [0.29, 0.717) is 16.3 Å². The van der Waals surface area contributed by atoms with Gasteiger partial charge in [-0.05, 0) is 50.1 Å². The van der Waals surface area contributed by atoms with Gasteiger partial charge in [0.25, 0.3) is 10.0 Å². The molecule has 0 bridgehead atoms. The third-order valence-electron chi connectivity index (χ3n) is 6.36. The van der Waals surface area contributed by atoms with Crippen LogP contribution in [0.25, 0.3) is 0 Å². The van der Waals surface area contributed by atoms with Crippen molar-refractivity contribution in [2.45, 2.75) is 37.2 Å². The predicted molar refractivity (Wildman–Crippen MR) is 135 cm³/mol. The molecule has 0 spiro atoms. The van der Waals surface area contributed by atoms with E-state index in [0.717, 1.165) is 49.4 Å². The molecule has 1 saturated heterocycles. The molecule has 6 nitrogen and oxygen atoms in total. The van der Waals surface area contributed by atoms with Crippen LogP contribution in [0, 0.1) is 6.92 Å². The van der Waals surface area contributed by atoms with Crippen LogP contribution in [0.1, 0.15) is 24.0 Å². The number of rotatable bonds is 8. The second-order valence-electron chi connectivity index (χ2n) is 8.61. The maximum Gasteiger partial charge on any atom is 0.264 e. The van der Waals surface area contributed by atoms with Crippen molar-refractivity contribution in [1.29, 1.82) is 0 Å². The molecule has 0 radical (unpaired) electrons. The fourth-order valence-corrected chi connectivity index (χ4v) is 6.29. The molecule has 1 fully saturated rings. The Morgan fingerprint density at radius 1 is 0.882 bits per heavy atom. The van der Waals surface area contributed by atoms with Gasteiger partial charge in [0.15, 0.2) is 11.5 Å². The summed E-state index contributed by atoms with van der Waals surface area (Å²) in [5.41, 5.74) is 2.80. The number of benzene rings is 3.